The van der Waals surface area contributed by atoms with Crippen LogP contribution < -0.4 is 5.32 Å². The highest BCUT2D eigenvalue weighted by Crippen LogP contribution is 2.11. The minimum absolute atomic E-state index is 0.0381. The summed E-state index contributed by atoms with van der Waals surface area (Å²) in [5.41, 5.74) is 0. The summed E-state index contributed by atoms with van der Waals surface area (Å²) in [6, 6.07) is 0. The maximum absolute atomic E-state index is 11.6. The molecule has 0 aromatic heterocycles. The summed E-state index contributed by atoms with van der Waals surface area (Å²) in [4.78, 5) is 11.6. The fourth-order valence-electron chi connectivity index (χ4n) is 2.63. The van der Waals surface area contributed by atoms with Crippen LogP contribution in [0, 0.1) is 5.21 Å². The van der Waals surface area contributed by atoms with Crippen LogP contribution in [0.25, 0.3) is 0 Å². The Labute approximate surface area is 147 Å². The number of carbonyl (C=O) groups is 1. The molecule has 0 aliphatic carbocycles. The summed E-state index contributed by atoms with van der Waals surface area (Å²) in [5, 5.41) is 31.6. The van der Waals surface area contributed by atoms with Gasteiger partial charge in [0.15, 0.2) is 6.29 Å². The van der Waals surface area contributed by atoms with Gasteiger partial charge in [0, 0.05) is 26.1 Å². The SMILES string of the molecule is CCCCCCCCCCCCCC(=O)NCCN([O-])CC(O)O. The summed E-state index contributed by atoms with van der Waals surface area (Å²) in [7, 11) is 0. The molecule has 0 saturated heterocycles. The summed E-state index contributed by atoms with van der Waals surface area (Å²) >= 11 is 0. The van der Waals surface area contributed by atoms with Crippen molar-refractivity contribution in [3.05, 3.63) is 5.21 Å². The van der Waals surface area contributed by atoms with Crippen molar-refractivity contribution in [3.63, 3.8) is 0 Å². The number of nitrogens with one attached hydrogen (secondary N) is 1. The monoisotopic (exact) mass is 345 g/mol. The summed E-state index contributed by atoms with van der Waals surface area (Å²) in [6.07, 6.45) is 12.7. The molecule has 0 aromatic rings. The molecule has 0 spiro atoms. The fraction of sp³-hybridized carbons (Fsp3) is 0.944. The first-order valence-corrected chi connectivity index (χ1v) is 9.61. The van der Waals surface area contributed by atoms with Gasteiger partial charge in [0.2, 0.25) is 5.91 Å². The lowest BCUT2D eigenvalue weighted by atomic mass is 10.1. The Bertz CT molecular complexity index is 288. The van der Waals surface area contributed by atoms with Gasteiger partial charge in [0.1, 0.15) is 0 Å². The number of aliphatic hydroxyl groups is 2. The van der Waals surface area contributed by atoms with E-state index in [2.05, 4.69) is 12.2 Å². The maximum atomic E-state index is 11.6. The summed E-state index contributed by atoms with van der Waals surface area (Å²) in [5.74, 6) is -0.0381. The first-order chi connectivity index (χ1) is 11.6. The number of hydroxylamine groups is 2. The van der Waals surface area contributed by atoms with Crippen LogP contribution in [0.5, 0.6) is 0 Å². The van der Waals surface area contributed by atoms with Crippen molar-refractivity contribution in [2.24, 2.45) is 0 Å². The predicted molar refractivity (Wildman–Crippen MR) is 97.3 cm³/mol. The maximum Gasteiger partial charge on any atom is 0.220 e. The Morgan fingerprint density at radius 3 is 1.96 bits per heavy atom. The molecule has 1 amide bonds. The second kappa shape index (κ2) is 17.1. The van der Waals surface area contributed by atoms with E-state index in [1.54, 1.807) is 0 Å². The van der Waals surface area contributed by atoms with Crippen LogP contribution >= 0.6 is 0 Å². The molecule has 0 atom stereocenters. The minimum Gasteiger partial charge on any atom is -0.785 e. The van der Waals surface area contributed by atoms with Gasteiger partial charge in [-0.05, 0) is 6.42 Å². The van der Waals surface area contributed by atoms with E-state index >= 15 is 0 Å². The van der Waals surface area contributed by atoms with Crippen molar-refractivity contribution < 1.29 is 15.0 Å². The Kier molecular flexibility index (Phi) is 16.7. The Hall–Kier alpha value is -0.690. The minimum atomic E-state index is -1.63. The van der Waals surface area contributed by atoms with Gasteiger partial charge in [-0.1, -0.05) is 71.1 Å². The van der Waals surface area contributed by atoms with Gasteiger partial charge in [-0.15, -0.1) is 0 Å². The van der Waals surface area contributed by atoms with E-state index in [0.29, 0.717) is 11.5 Å². The fourth-order valence-corrected chi connectivity index (χ4v) is 2.63. The molecule has 24 heavy (non-hydrogen) atoms. The van der Waals surface area contributed by atoms with Crippen molar-refractivity contribution >= 4 is 5.91 Å². The van der Waals surface area contributed by atoms with Crippen LogP contribution in [-0.2, 0) is 4.79 Å². The second-order valence-corrected chi connectivity index (χ2v) is 6.50. The average molecular weight is 346 g/mol. The van der Waals surface area contributed by atoms with Gasteiger partial charge in [0.05, 0.1) is 0 Å². The van der Waals surface area contributed by atoms with Gasteiger partial charge in [-0.25, -0.2) is 0 Å². The smallest absolute Gasteiger partial charge is 0.220 e. The molecular formula is C18H37N2O4-. The zero-order valence-electron chi connectivity index (χ0n) is 15.3. The van der Waals surface area contributed by atoms with Crippen molar-refractivity contribution in [2.75, 3.05) is 19.6 Å². The molecule has 0 saturated carbocycles. The molecule has 0 aliphatic rings. The zero-order valence-corrected chi connectivity index (χ0v) is 15.3. The van der Waals surface area contributed by atoms with Gasteiger partial charge < -0.3 is 25.8 Å². The third-order valence-corrected chi connectivity index (χ3v) is 4.06. The molecule has 0 rings (SSSR count). The Balaban J connectivity index is 3.26. The van der Waals surface area contributed by atoms with Crippen LogP contribution in [0.3, 0.4) is 0 Å². The summed E-state index contributed by atoms with van der Waals surface area (Å²) in [6.45, 7) is 2.20. The van der Waals surface area contributed by atoms with E-state index in [-0.39, 0.29) is 25.5 Å². The predicted octanol–water partition coefficient (Wildman–Crippen LogP) is 2.91. The zero-order chi connectivity index (χ0) is 18.0. The van der Waals surface area contributed by atoms with E-state index < -0.39 is 6.29 Å². The third kappa shape index (κ3) is 17.7. The lowest BCUT2D eigenvalue weighted by molar-refractivity contribution is -0.121. The van der Waals surface area contributed by atoms with E-state index in [4.69, 9.17) is 10.2 Å². The third-order valence-electron chi connectivity index (χ3n) is 4.06. The van der Waals surface area contributed by atoms with Crippen LogP contribution in [0.2, 0.25) is 0 Å². The Morgan fingerprint density at radius 1 is 0.958 bits per heavy atom. The lowest BCUT2D eigenvalue weighted by Gasteiger charge is -2.28. The van der Waals surface area contributed by atoms with Crippen molar-refractivity contribution in [2.45, 2.75) is 90.3 Å². The number of hydrogen-bond acceptors (Lipinski definition) is 5. The van der Waals surface area contributed by atoms with Gasteiger partial charge in [-0.2, -0.15) is 0 Å². The van der Waals surface area contributed by atoms with E-state index in [0.717, 1.165) is 12.8 Å². The number of rotatable bonds is 17. The van der Waals surface area contributed by atoms with Crippen molar-refractivity contribution in [1.29, 1.82) is 0 Å². The number of hydrogen-bond donors (Lipinski definition) is 3. The highest BCUT2D eigenvalue weighted by molar-refractivity contribution is 5.75. The molecule has 0 heterocycles. The van der Waals surface area contributed by atoms with Crippen molar-refractivity contribution in [1.82, 2.24) is 10.4 Å². The molecule has 0 aliphatic heterocycles. The molecule has 0 unspecified atom stereocenters. The van der Waals surface area contributed by atoms with Gasteiger partial charge in [-0.3, -0.25) is 4.79 Å². The number of amides is 1. The van der Waals surface area contributed by atoms with E-state index in [1.807, 2.05) is 0 Å². The molecule has 144 valence electrons. The molecule has 0 bridgehead atoms. The molecule has 0 aromatic carbocycles. The average Bonchev–Trinajstić information content (AvgIpc) is 2.52. The van der Waals surface area contributed by atoms with Crippen LogP contribution in [0.4, 0.5) is 0 Å². The second-order valence-electron chi connectivity index (χ2n) is 6.50. The topological polar surface area (TPSA) is 95.9 Å². The molecule has 0 radical (unpaired) electrons. The van der Waals surface area contributed by atoms with E-state index in [1.165, 1.54) is 57.8 Å². The van der Waals surface area contributed by atoms with Gasteiger partial charge >= 0.3 is 0 Å². The molecule has 3 N–H and O–H groups in total. The Morgan fingerprint density at radius 2 is 1.46 bits per heavy atom. The molecule has 6 nitrogen and oxygen atoms in total. The highest BCUT2D eigenvalue weighted by Gasteiger charge is 2.02. The normalized spacial score (nSPS) is 11.4. The van der Waals surface area contributed by atoms with E-state index in [9.17, 15) is 10.0 Å². The van der Waals surface area contributed by atoms with Gasteiger partial charge in [0.25, 0.3) is 0 Å². The molecule has 0 fully saturated rings. The number of unbranched alkanes of at least 4 members (excludes halogenated alkanes) is 10. The quantitative estimate of drug-likeness (QED) is 0.214. The standard InChI is InChI=1S/C18H37N2O4/c1-2-3-4-5-6-7-8-9-10-11-12-13-17(21)19-14-15-20(24)16-18(22)23/h18,22-23H,2-16H2,1H3,(H,19,21)/q-1. The molecule has 6 heteroatoms. The van der Waals surface area contributed by atoms with Crippen LogP contribution in [0.1, 0.15) is 84.0 Å². The number of aliphatic hydroxyl groups excluding tert-OH is 1. The van der Waals surface area contributed by atoms with Crippen LogP contribution in [0.15, 0.2) is 0 Å². The lowest BCUT2D eigenvalue weighted by Crippen LogP contribution is -2.35. The first-order valence-electron chi connectivity index (χ1n) is 9.61. The first kappa shape index (κ1) is 23.3. The van der Waals surface area contributed by atoms with Crippen LogP contribution in [-0.4, -0.2) is 47.1 Å². The number of carbonyl (C=O) groups excluding carboxylic acids is 1. The van der Waals surface area contributed by atoms with Crippen molar-refractivity contribution in [3.8, 4) is 0 Å². The summed E-state index contributed by atoms with van der Waals surface area (Å²) < 4.78 is 0. The number of nitrogens with zero attached hydrogens (tertiary/aromatic N) is 1. The molecular weight excluding hydrogens is 308 g/mol. The highest BCUT2D eigenvalue weighted by atomic mass is 16.5. The largest absolute Gasteiger partial charge is 0.785 e.